The molecule has 2 fully saturated rings. The maximum atomic E-state index is 13.0. The first kappa shape index (κ1) is 50.0. The molecule has 1 spiro atoms. The Labute approximate surface area is 372 Å². The standard InChI is InChI=1S/C52H78N2O8/c1-34(2)27-45(57)62-33-43(14-9-11-35(3)41-16-15-36(4)49(59)54-50(6,23-26-61-8)30-39-13-10-12-38(28-39)29-41)44-19-21-52(48(44)58)47-40(20-25-55)17-18-42(46(47)37(5)32-56)31-51(52,60)22-24-53-7/h9-15,17-18,28,32,34,40-42,44-45,47-49,53-55,57-60H,3,16,19-27,29-31,33H2,1-2,4-8H3/t40-,41-,42-,44+,45-,47+,48+,49+,50-,51+,52+/m0/s1. The molecule has 7 N–H and O–H groups in total. The van der Waals surface area contributed by atoms with E-state index in [1.165, 1.54) is 11.1 Å². The number of hydrogen-bond acceptors (Lipinski definition) is 10. The Bertz CT molecular complexity index is 1830. The van der Waals surface area contributed by atoms with Crippen molar-refractivity contribution in [3.63, 3.8) is 0 Å². The number of aliphatic hydroxyl groups is 5. The fourth-order valence-corrected chi connectivity index (χ4v) is 11.4. The van der Waals surface area contributed by atoms with Crippen molar-refractivity contribution >= 4 is 6.29 Å². The molecular formula is C52H78N2O8. The van der Waals surface area contributed by atoms with Gasteiger partial charge in [0, 0.05) is 49.5 Å². The predicted octanol–water partition coefficient (Wildman–Crippen LogP) is 6.68. The van der Waals surface area contributed by atoms with Crippen LogP contribution in [0.4, 0.5) is 0 Å². The molecule has 11 atom stereocenters. The minimum atomic E-state index is -1.26. The number of hydrogen-bond donors (Lipinski definition) is 7. The second kappa shape index (κ2) is 22.2. The molecule has 0 saturated heterocycles. The third-order valence-corrected chi connectivity index (χ3v) is 14.7. The van der Waals surface area contributed by atoms with Crippen LogP contribution < -0.4 is 10.6 Å². The monoisotopic (exact) mass is 859 g/mol. The van der Waals surface area contributed by atoms with Crippen LogP contribution in [-0.4, -0.2) is 102 Å². The Hall–Kier alpha value is -3.03. The molecule has 4 aliphatic rings. The number of carbonyl (C=O) groups excluding carboxylic acids is 1. The topological polar surface area (TPSA) is 161 Å². The van der Waals surface area contributed by atoms with E-state index < -0.39 is 35.6 Å². The maximum absolute atomic E-state index is 13.0. The van der Waals surface area contributed by atoms with Gasteiger partial charge < -0.3 is 40.3 Å². The molecule has 344 valence electrons. The van der Waals surface area contributed by atoms with E-state index in [2.05, 4.69) is 66.6 Å². The van der Waals surface area contributed by atoms with E-state index in [0.29, 0.717) is 63.7 Å². The van der Waals surface area contributed by atoms with E-state index >= 15 is 0 Å². The molecule has 4 bridgehead atoms. The first-order valence-corrected chi connectivity index (χ1v) is 23.1. The van der Waals surface area contributed by atoms with Gasteiger partial charge in [-0.3, -0.25) is 10.1 Å². The molecule has 1 aliphatic heterocycles. The van der Waals surface area contributed by atoms with E-state index in [1.807, 2.05) is 53.0 Å². The molecule has 1 aromatic carbocycles. The number of rotatable bonds is 18. The van der Waals surface area contributed by atoms with Crippen LogP contribution in [0.15, 0.2) is 95.2 Å². The summed E-state index contributed by atoms with van der Waals surface area (Å²) >= 11 is 0. The average molecular weight is 859 g/mol. The zero-order chi connectivity index (χ0) is 45.2. The summed E-state index contributed by atoms with van der Waals surface area (Å²) in [6.45, 7) is 15.7. The first-order valence-electron chi connectivity index (χ1n) is 23.1. The number of aldehydes is 1. The zero-order valence-electron chi connectivity index (χ0n) is 38.6. The third kappa shape index (κ3) is 11.4. The summed E-state index contributed by atoms with van der Waals surface area (Å²) in [7, 11) is 3.56. The number of methoxy groups -OCH3 is 1. The van der Waals surface area contributed by atoms with Crippen molar-refractivity contribution in [3.8, 4) is 0 Å². The van der Waals surface area contributed by atoms with Crippen molar-refractivity contribution in [1.82, 2.24) is 10.6 Å². The molecule has 10 heteroatoms. The van der Waals surface area contributed by atoms with Gasteiger partial charge in [0.2, 0.25) is 0 Å². The summed E-state index contributed by atoms with van der Waals surface area (Å²) in [5.74, 6) is -0.816. The van der Waals surface area contributed by atoms with Gasteiger partial charge in [0.05, 0.1) is 18.3 Å². The Morgan fingerprint density at radius 3 is 2.61 bits per heavy atom. The van der Waals surface area contributed by atoms with Crippen molar-refractivity contribution < 1.29 is 39.8 Å². The highest BCUT2D eigenvalue weighted by atomic mass is 16.6. The Balaban J connectivity index is 1.51. The number of benzene rings is 1. The van der Waals surface area contributed by atoms with Gasteiger partial charge >= 0.3 is 0 Å². The van der Waals surface area contributed by atoms with Crippen LogP contribution in [0.1, 0.15) is 97.1 Å². The van der Waals surface area contributed by atoms with Gasteiger partial charge in [0.25, 0.3) is 0 Å². The summed E-state index contributed by atoms with van der Waals surface area (Å²) in [5.41, 5.74) is 3.94. The number of allylic oxidation sites excluding steroid dienone is 9. The van der Waals surface area contributed by atoms with Gasteiger partial charge in [-0.05, 0) is 144 Å². The van der Waals surface area contributed by atoms with Crippen molar-refractivity contribution in [1.29, 1.82) is 0 Å². The van der Waals surface area contributed by atoms with Crippen molar-refractivity contribution in [2.45, 2.75) is 129 Å². The summed E-state index contributed by atoms with van der Waals surface area (Å²) in [6, 6.07) is 8.66. The number of ether oxygens (including phenoxy) is 2. The molecule has 0 amide bonds. The lowest BCUT2D eigenvalue weighted by molar-refractivity contribution is -0.194. The lowest BCUT2D eigenvalue weighted by atomic mass is 9.45. The highest BCUT2D eigenvalue weighted by Gasteiger charge is 2.68. The second-order valence-electron chi connectivity index (χ2n) is 19.6. The Kier molecular flexibility index (Phi) is 17.9. The molecule has 1 aromatic rings. The fraction of sp³-hybridized carbons (Fsp3) is 0.635. The highest BCUT2D eigenvalue weighted by molar-refractivity contribution is 5.74. The summed E-state index contributed by atoms with van der Waals surface area (Å²) in [4.78, 5) is 12.5. The van der Waals surface area contributed by atoms with Crippen LogP contribution in [0.25, 0.3) is 0 Å². The number of carbonyl (C=O) groups is 1. The molecule has 10 nitrogen and oxygen atoms in total. The van der Waals surface area contributed by atoms with Crippen molar-refractivity contribution in [2.24, 2.45) is 40.9 Å². The van der Waals surface area contributed by atoms with E-state index in [1.54, 1.807) is 7.11 Å². The van der Waals surface area contributed by atoms with Crippen molar-refractivity contribution in [3.05, 3.63) is 106 Å². The first-order chi connectivity index (χ1) is 29.5. The minimum Gasteiger partial charge on any atom is -0.396 e. The van der Waals surface area contributed by atoms with Gasteiger partial charge in [0.15, 0.2) is 6.29 Å². The van der Waals surface area contributed by atoms with Gasteiger partial charge in [-0.2, -0.15) is 0 Å². The molecule has 1 heterocycles. The SMILES string of the molecule is C=C(C=CC=C(CO[C@H](O)CC(C)C)[C@H]1CC[C@]2([C@@H]1O)[C@H]1C(=C(C)C=O)[C@@H](C=C[C@H]1CCO)C[C@]2(O)CCNC)[C@H]1CC=C(C)[C@@H](O)N[C@@](C)(CCOC)Cc2cccc(c2)C1. The summed E-state index contributed by atoms with van der Waals surface area (Å²) in [5, 5.41) is 65.2. The van der Waals surface area contributed by atoms with E-state index in [9.17, 15) is 30.3 Å². The smallest absolute Gasteiger partial charge is 0.155 e. The fourth-order valence-electron chi connectivity index (χ4n) is 11.4. The van der Waals surface area contributed by atoms with E-state index in [-0.39, 0.29) is 48.3 Å². The predicted molar refractivity (Wildman–Crippen MR) is 247 cm³/mol. The van der Waals surface area contributed by atoms with E-state index in [0.717, 1.165) is 47.8 Å². The lowest BCUT2D eigenvalue weighted by Crippen LogP contribution is -2.65. The van der Waals surface area contributed by atoms with Crippen LogP contribution in [0.5, 0.6) is 0 Å². The second-order valence-corrected chi connectivity index (χ2v) is 19.6. The van der Waals surface area contributed by atoms with Gasteiger partial charge in [-0.1, -0.05) is 92.3 Å². The van der Waals surface area contributed by atoms with Crippen LogP contribution >= 0.6 is 0 Å². The quantitative estimate of drug-likeness (QED) is 0.0279. The van der Waals surface area contributed by atoms with Crippen LogP contribution in [0, 0.1) is 40.9 Å². The molecule has 5 rings (SSSR count). The molecule has 0 radical (unpaired) electrons. The molecule has 2 saturated carbocycles. The normalized spacial score (nSPS) is 34.2. The van der Waals surface area contributed by atoms with Crippen molar-refractivity contribution in [2.75, 3.05) is 40.5 Å². The number of nitrogens with one attached hydrogen (secondary N) is 2. The molecule has 62 heavy (non-hydrogen) atoms. The molecular weight excluding hydrogens is 781 g/mol. The van der Waals surface area contributed by atoms with Gasteiger partial charge in [-0.25, -0.2) is 0 Å². The third-order valence-electron chi connectivity index (χ3n) is 14.7. The van der Waals surface area contributed by atoms with E-state index in [4.69, 9.17) is 9.47 Å². The lowest BCUT2D eigenvalue weighted by Gasteiger charge is -2.61. The number of aliphatic hydroxyl groups excluding tert-OH is 4. The van der Waals surface area contributed by atoms with Gasteiger partial charge in [-0.15, -0.1) is 0 Å². The van der Waals surface area contributed by atoms with Crippen LogP contribution in [0.3, 0.4) is 0 Å². The zero-order valence-corrected chi connectivity index (χ0v) is 38.6. The largest absolute Gasteiger partial charge is 0.396 e. The Morgan fingerprint density at radius 2 is 1.92 bits per heavy atom. The minimum absolute atomic E-state index is 0.0377. The Morgan fingerprint density at radius 1 is 1.16 bits per heavy atom. The summed E-state index contributed by atoms with van der Waals surface area (Å²) in [6.07, 6.45) is 16.1. The average Bonchev–Trinajstić information content (AvgIpc) is 3.58. The summed E-state index contributed by atoms with van der Waals surface area (Å²) < 4.78 is 11.6. The highest BCUT2D eigenvalue weighted by Crippen LogP contribution is 2.67. The molecule has 0 aromatic heterocycles. The van der Waals surface area contributed by atoms with Gasteiger partial charge in [0.1, 0.15) is 12.5 Å². The van der Waals surface area contributed by atoms with Crippen LogP contribution in [-0.2, 0) is 27.1 Å². The molecule has 3 aliphatic carbocycles. The molecule has 0 unspecified atom stereocenters. The number of fused-ring (bicyclic) bond motifs is 5. The van der Waals surface area contributed by atoms with Crippen LogP contribution in [0.2, 0.25) is 0 Å². The maximum Gasteiger partial charge on any atom is 0.155 e.